The molecule has 2 aromatic rings. The Hall–Kier alpha value is -2.22. The fourth-order valence-corrected chi connectivity index (χ4v) is 2.64. The topological polar surface area (TPSA) is 27.8 Å². The lowest BCUT2D eigenvalue weighted by molar-refractivity contribution is 0.0664. The summed E-state index contributed by atoms with van der Waals surface area (Å²) in [5.41, 5.74) is 0.719. The molecule has 0 aliphatic carbocycles. The lowest BCUT2D eigenvalue weighted by Gasteiger charge is -2.30. The van der Waals surface area contributed by atoms with Gasteiger partial charge in [-0.25, -0.2) is 9.24 Å². The number of hydrogen-bond acceptors (Lipinski definition) is 2. The summed E-state index contributed by atoms with van der Waals surface area (Å²) in [7, 11) is 3.98. The first kappa shape index (κ1) is 17.1. The summed E-state index contributed by atoms with van der Waals surface area (Å²) in [5, 5.41) is 11.3. The van der Waals surface area contributed by atoms with Gasteiger partial charge in [0.2, 0.25) is 0 Å². The first-order valence-electron chi connectivity index (χ1n) is 7.57. The van der Waals surface area contributed by atoms with Crippen molar-refractivity contribution in [3.63, 3.8) is 0 Å². The molecule has 120 valence electrons. The van der Waals surface area contributed by atoms with E-state index in [0.29, 0.717) is 17.7 Å². The van der Waals surface area contributed by atoms with Gasteiger partial charge < -0.3 is 10.0 Å². The predicted molar refractivity (Wildman–Crippen MR) is 89.9 cm³/mol. The van der Waals surface area contributed by atoms with Crippen LogP contribution in [0, 0.1) is 12.4 Å². The van der Waals surface area contributed by atoms with Crippen LogP contribution in [0.25, 0.3) is 4.85 Å². The highest BCUT2D eigenvalue weighted by atomic mass is 19.1. The molecule has 2 aromatic carbocycles. The molecule has 0 aliphatic rings. The standard InChI is InChI=1S/C19H21FN2O/c1-21-18-11-7-16(8-12-18)19(23,13-4-14-22(2)3)15-5-9-17(20)10-6-15/h5-12,23H,4,13-14H2,2-3H3/t19-/m0/s1. The van der Waals surface area contributed by atoms with Crippen LogP contribution in [0.1, 0.15) is 24.0 Å². The Morgan fingerprint density at radius 2 is 1.57 bits per heavy atom. The first-order valence-corrected chi connectivity index (χ1v) is 7.57. The fourth-order valence-electron chi connectivity index (χ4n) is 2.64. The molecule has 1 N–H and O–H groups in total. The number of hydrogen-bond donors (Lipinski definition) is 1. The molecule has 0 unspecified atom stereocenters. The Bertz CT molecular complexity index is 674. The molecule has 0 aliphatic heterocycles. The number of benzene rings is 2. The van der Waals surface area contributed by atoms with Crippen LogP contribution in [-0.2, 0) is 5.60 Å². The molecule has 4 heteroatoms. The van der Waals surface area contributed by atoms with Crippen molar-refractivity contribution < 1.29 is 9.50 Å². The summed E-state index contributed by atoms with van der Waals surface area (Å²) in [6, 6.07) is 12.9. The smallest absolute Gasteiger partial charge is 0.187 e. The Balaban J connectivity index is 2.36. The van der Waals surface area contributed by atoms with Crippen LogP contribution in [0.5, 0.6) is 0 Å². The normalized spacial score (nSPS) is 13.6. The van der Waals surface area contributed by atoms with E-state index in [1.807, 2.05) is 14.1 Å². The van der Waals surface area contributed by atoms with Crippen molar-refractivity contribution in [2.45, 2.75) is 18.4 Å². The largest absolute Gasteiger partial charge is 0.380 e. The van der Waals surface area contributed by atoms with E-state index in [-0.39, 0.29) is 5.82 Å². The average molecular weight is 312 g/mol. The molecule has 0 amide bonds. The van der Waals surface area contributed by atoms with Crippen molar-refractivity contribution in [3.8, 4) is 0 Å². The minimum Gasteiger partial charge on any atom is -0.380 e. The lowest BCUT2D eigenvalue weighted by Crippen LogP contribution is -2.28. The van der Waals surface area contributed by atoms with Gasteiger partial charge in [0, 0.05) is 0 Å². The van der Waals surface area contributed by atoms with E-state index >= 15 is 0 Å². The highest BCUT2D eigenvalue weighted by molar-refractivity contribution is 5.48. The van der Waals surface area contributed by atoms with Crippen LogP contribution in [-0.4, -0.2) is 30.6 Å². The van der Waals surface area contributed by atoms with Crippen molar-refractivity contribution in [3.05, 3.63) is 76.9 Å². The zero-order valence-electron chi connectivity index (χ0n) is 13.5. The second-order valence-electron chi connectivity index (χ2n) is 5.93. The molecule has 23 heavy (non-hydrogen) atoms. The van der Waals surface area contributed by atoms with Crippen molar-refractivity contribution >= 4 is 5.69 Å². The molecule has 0 saturated heterocycles. The van der Waals surface area contributed by atoms with Crippen LogP contribution in [0.3, 0.4) is 0 Å². The fraction of sp³-hybridized carbons (Fsp3) is 0.316. The zero-order chi connectivity index (χ0) is 16.9. The molecule has 0 spiro atoms. The van der Waals surface area contributed by atoms with Gasteiger partial charge in [-0.2, -0.15) is 0 Å². The van der Waals surface area contributed by atoms with E-state index in [2.05, 4.69) is 9.74 Å². The van der Waals surface area contributed by atoms with E-state index < -0.39 is 5.60 Å². The van der Waals surface area contributed by atoms with Gasteiger partial charge in [0.05, 0.1) is 6.57 Å². The van der Waals surface area contributed by atoms with Crippen molar-refractivity contribution in [1.82, 2.24) is 4.90 Å². The third-order valence-corrected chi connectivity index (χ3v) is 3.94. The molecule has 0 bridgehead atoms. The first-order chi connectivity index (χ1) is 11.0. The van der Waals surface area contributed by atoms with Crippen molar-refractivity contribution in [2.24, 2.45) is 0 Å². The molecule has 0 heterocycles. The van der Waals surface area contributed by atoms with E-state index in [1.165, 1.54) is 12.1 Å². The van der Waals surface area contributed by atoms with Crippen LogP contribution < -0.4 is 0 Å². The second-order valence-corrected chi connectivity index (χ2v) is 5.93. The summed E-state index contributed by atoms with van der Waals surface area (Å²) in [5.74, 6) is -0.326. The summed E-state index contributed by atoms with van der Waals surface area (Å²) in [4.78, 5) is 5.44. The monoisotopic (exact) mass is 312 g/mol. The maximum atomic E-state index is 13.2. The Morgan fingerprint density at radius 1 is 1.04 bits per heavy atom. The molecular formula is C19H21FN2O. The number of aliphatic hydroxyl groups is 1. The third kappa shape index (κ3) is 4.16. The minimum absolute atomic E-state index is 0.326. The summed E-state index contributed by atoms with van der Waals surface area (Å²) < 4.78 is 13.2. The molecule has 2 rings (SSSR count). The van der Waals surface area contributed by atoms with Gasteiger partial charge in [0.15, 0.2) is 5.69 Å². The Morgan fingerprint density at radius 3 is 2.04 bits per heavy atom. The van der Waals surface area contributed by atoms with Gasteiger partial charge in [0.25, 0.3) is 0 Å². The van der Waals surface area contributed by atoms with Gasteiger partial charge in [-0.05, 0) is 56.7 Å². The highest BCUT2D eigenvalue weighted by Crippen LogP contribution is 2.35. The summed E-state index contributed by atoms with van der Waals surface area (Å²) >= 11 is 0. The quantitative estimate of drug-likeness (QED) is 0.818. The van der Waals surface area contributed by atoms with Crippen LogP contribution in [0.4, 0.5) is 10.1 Å². The second kappa shape index (κ2) is 7.36. The summed E-state index contributed by atoms with van der Waals surface area (Å²) in [6.07, 6.45) is 1.32. The molecule has 0 saturated carbocycles. The molecule has 0 radical (unpaired) electrons. The molecule has 1 atom stereocenters. The van der Waals surface area contributed by atoms with Crippen LogP contribution in [0.2, 0.25) is 0 Å². The molecule has 0 aromatic heterocycles. The van der Waals surface area contributed by atoms with Gasteiger partial charge in [-0.1, -0.05) is 36.4 Å². The minimum atomic E-state index is -1.19. The van der Waals surface area contributed by atoms with E-state index in [0.717, 1.165) is 18.5 Å². The molecule has 0 fully saturated rings. The van der Waals surface area contributed by atoms with Gasteiger partial charge in [-0.3, -0.25) is 0 Å². The van der Waals surface area contributed by atoms with Crippen LogP contribution in [0.15, 0.2) is 48.5 Å². The zero-order valence-corrected chi connectivity index (χ0v) is 13.5. The average Bonchev–Trinajstić information content (AvgIpc) is 2.55. The Labute approximate surface area is 136 Å². The van der Waals surface area contributed by atoms with E-state index in [4.69, 9.17) is 6.57 Å². The van der Waals surface area contributed by atoms with Crippen LogP contribution >= 0.6 is 0 Å². The van der Waals surface area contributed by atoms with Gasteiger partial charge >= 0.3 is 0 Å². The third-order valence-electron chi connectivity index (χ3n) is 3.94. The number of nitrogens with zero attached hydrogens (tertiary/aromatic N) is 2. The molecule has 3 nitrogen and oxygen atoms in total. The van der Waals surface area contributed by atoms with Crippen molar-refractivity contribution in [2.75, 3.05) is 20.6 Å². The predicted octanol–water partition coefficient (Wildman–Crippen LogP) is 3.95. The van der Waals surface area contributed by atoms with Crippen molar-refractivity contribution in [1.29, 1.82) is 0 Å². The maximum Gasteiger partial charge on any atom is 0.187 e. The van der Waals surface area contributed by atoms with Gasteiger partial charge in [-0.15, -0.1) is 0 Å². The van der Waals surface area contributed by atoms with E-state index in [9.17, 15) is 9.50 Å². The Kier molecular flexibility index (Phi) is 5.49. The molecular weight excluding hydrogens is 291 g/mol. The highest BCUT2D eigenvalue weighted by Gasteiger charge is 2.31. The SMILES string of the molecule is [C-]#[N+]c1ccc([C@](O)(CCCN(C)C)c2ccc(F)cc2)cc1. The summed E-state index contributed by atoms with van der Waals surface area (Å²) in [6.45, 7) is 7.88. The number of halogens is 1. The van der Waals surface area contributed by atoms with E-state index in [1.54, 1.807) is 36.4 Å². The lowest BCUT2D eigenvalue weighted by atomic mass is 9.82. The van der Waals surface area contributed by atoms with Gasteiger partial charge in [0.1, 0.15) is 11.4 Å². The maximum absolute atomic E-state index is 13.2. The number of rotatable bonds is 6.